The number of thioether (sulfide) groups is 1. The van der Waals surface area contributed by atoms with Gasteiger partial charge in [-0.25, -0.2) is 9.78 Å². The lowest BCUT2D eigenvalue weighted by Gasteiger charge is -2.40. The molecule has 0 aliphatic heterocycles. The summed E-state index contributed by atoms with van der Waals surface area (Å²) >= 11 is 3.37. The van der Waals surface area contributed by atoms with Gasteiger partial charge in [0.1, 0.15) is 0 Å². The molecule has 17 heavy (non-hydrogen) atoms. The normalized spacial score (nSPS) is 17.3. The van der Waals surface area contributed by atoms with Gasteiger partial charge >= 0.3 is 5.97 Å². The predicted octanol–water partition coefficient (Wildman–Crippen LogP) is 2.63. The summed E-state index contributed by atoms with van der Waals surface area (Å²) in [5.41, 5.74) is 0.381. The fraction of sp³-hybridized carbons (Fsp3) is 0.636. The van der Waals surface area contributed by atoms with Crippen LogP contribution in [0.3, 0.4) is 0 Å². The molecule has 1 aromatic heterocycles. The van der Waals surface area contributed by atoms with Gasteiger partial charge in [-0.05, 0) is 19.1 Å². The molecule has 1 aliphatic rings. The van der Waals surface area contributed by atoms with Crippen LogP contribution < -0.4 is 5.32 Å². The lowest BCUT2D eigenvalue weighted by molar-refractivity contribution is 0.0595. The Balaban J connectivity index is 1.91. The fourth-order valence-electron chi connectivity index (χ4n) is 1.81. The fourth-order valence-corrected chi connectivity index (χ4v) is 3.41. The summed E-state index contributed by atoms with van der Waals surface area (Å²) in [7, 11) is 1.37. The molecule has 0 aromatic carbocycles. The quantitative estimate of drug-likeness (QED) is 0.835. The molecule has 1 aromatic rings. The summed E-state index contributed by atoms with van der Waals surface area (Å²) in [5.74, 6) is -0.377. The first-order valence-electron chi connectivity index (χ1n) is 5.52. The summed E-state index contributed by atoms with van der Waals surface area (Å²) in [6, 6.07) is 0. The molecule has 1 aliphatic carbocycles. The highest BCUT2D eigenvalue weighted by Crippen LogP contribution is 2.42. The average Bonchev–Trinajstić information content (AvgIpc) is 2.76. The zero-order chi connectivity index (χ0) is 12.3. The maximum atomic E-state index is 11.2. The van der Waals surface area contributed by atoms with Gasteiger partial charge in [0.05, 0.1) is 7.11 Å². The summed E-state index contributed by atoms with van der Waals surface area (Å²) in [4.78, 5) is 15.4. The lowest BCUT2D eigenvalue weighted by atomic mass is 9.84. The number of anilines is 1. The Kier molecular flexibility index (Phi) is 3.93. The number of rotatable bonds is 5. The van der Waals surface area contributed by atoms with Crippen LogP contribution in [-0.2, 0) is 4.74 Å². The van der Waals surface area contributed by atoms with Crippen molar-refractivity contribution in [1.29, 1.82) is 0 Å². The van der Waals surface area contributed by atoms with Gasteiger partial charge in [-0.1, -0.05) is 6.42 Å². The van der Waals surface area contributed by atoms with Gasteiger partial charge in [-0.3, -0.25) is 0 Å². The van der Waals surface area contributed by atoms with E-state index in [1.807, 2.05) is 11.8 Å². The molecule has 0 radical (unpaired) electrons. The van der Waals surface area contributed by atoms with E-state index in [9.17, 15) is 4.79 Å². The van der Waals surface area contributed by atoms with Crippen molar-refractivity contribution in [2.75, 3.05) is 25.2 Å². The van der Waals surface area contributed by atoms with Crippen molar-refractivity contribution < 1.29 is 9.53 Å². The second-order valence-electron chi connectivity index (χ2n) is 4.12. The van der Waals surface area contributed by atoms with Crippen LogP contribution in [0.25, 0.3) is 0 Å². The van der Waals surface area contributed by atoms with E-state index in [1.165, 1.54) is 37.7 Å². The van der Waals surface area contributed by atoms with E-state index in [0.29, 0.717) is 10.4 Å². The van der Waals surface area contributed by atoms with Gasteiger partial charge in [0.15, 0.2) is 10.8 Å². The van der Waals surface area contributed by atoms with Crippen LogP contribution in [0.2, 0.25) is 0 Å². The van der Waals surface area contributed by atoms with Crippen molar-refractivity contribution in [1.82, 2.24) is 4.98 Å². The molecule has 1 heterocycles. The van der Waals surface area contributed by atoms with Crippen LogP contribution in [-0.4, -0.2) is 35.6 Å². The Bertz CT molecular complexity index is 396. The molecule has 6 heteroatoms. The third-order valence-electron chi connectivity index (χ3n) is 3.16. The number of ether oxygens (including phenoxy) is 1. The van der Waals surface area contributed by atoms with E-state index in [0.717, 1.165) is 11.7 Å². The molecule has 94 valence electrons. The van der Waals surface area contributed by atoms with E-state index in [1.54, 1.807) is 5.38 Å². The third-order valence-corrected chi connectivity index (χ3v) is 5.38. The molecule has 0 amide bonds. The maximum Gasteiger partial charge on any atom is 0.357 e. The van der Waals surface area contributed by atoms with Crippen molar-refractivity contribution in [3.8, 4) is 0 Å². The van der Waals surface area contributed by atoms with Gasteiger partial charge in [-0.2, -0.15) is 11.8 Å². The Morgan fingerprint density at radius 3 is 3.00 bits per heavy atom. The second-order valence-corrected chi connectivity index (χ2v) is 6.26. The van der Waals surface area contributed by atoms with Crippen molar-refractivity contribution in [3.63, 3.8) is 0 Å². The van der Waals surface area contributed by atoms with E-state index in [2.05, 4.69) is 21.3 Å². The molecule has 4 nitrogen and oxygen atoms in total. The molecular formula is C11H16N2O2S2. The number of carbonyl (C=O) groups excluding carboxylic acids is 1. The number of nitrogens with zero attached hydrogens (tertiary/aromatic N) is 1. The average molecular weight is 272 g/mol. The zero-order valence-electron chi connectivity index (χ0n) is 9.99. The number of hydrogen-bond acceptors (Lipinski definition) is 6. The molecule has 0 unspecified atom stereocenters. The highest BCUT2D eigenvalue weighted by atomic mass is 32.2. The summed E-state index contributed by atoms with van der Waals surface area (Å²) < 4.78 is 4.99. The van der Waals surface area contributed by atoms with Gasteiger partial charge < -0.3 is 10.1 Å². The summed E-state index contributed by atoms with van der Waals surface area (Å²) in [6.07, 6.45) is 5.99. The van der Waals surface area contributed by atoms with E-state index < -0.39 is 0 Å². The molecule has 0 bridgehead atoms. The number of esters is 1. The predicted molar refractivity (Wildman–Crippen MR) is 72.0 cm³/mol. The minimum Gasteiger partial charge on any atom is -0.464 e. The van der Waals surface area contributed by atoms with Crippen LogP contribution >= 0.6 is 23.1 Å². The Labute approximate surface area is 109 Å². The number of aromatic nitrogens is 1. The van der Waals surface area contributed by atoms with Crippen LogP contribution in [0.5, 0.6) is 0 Å². The number of hydrogen-bond donors (Lipinski definition) is 1. The number of nitrogens with one attached hydrogen (secondary N) is 1. The SMILES string of the molecule is COC(=O)c1csc(NCC2(SC)CCC2)n1. The van der Waals surface area contributed by atoms with E-state index in [-0.39, 0.29) is 5.97 Å². The van der Waals surface area contributed by atoms with Crippen LogP contribution in [0, 0.1) is 0 Å². The van der Waals surface area contributed by atoms with Gasteiger partial charge in [0.2, 0.25) is 0 Å². The highest BCUT2D eigenvalue weighted by molar-refractivity contribution is 8.00. The molecule has 1 fully saturated rings. The third kappa shape index (κ3) is 2.74. The van der Waals surface area contributed by atoms with Crippen molar-refractivity contribution in [2.45, 2.75) is 24.0 Å². The zero-order valence-corrected chi connectivity index (χ0v) is 11.6. The number of methoxy groups -OCH3 is 1. The van der Waals surface area contributed by atoms with Gasteiger partial charge in [0, 0.05) is 16.7 Å². The number of thiazole rings is 1. The first-order chi connectivity index (χ1) is 8.19. The standard InChI is InChI=1S/C11H16N2O2S2/c1-15-9(14)8-6-17-10(13-8)12-7-11(16-2)4-3-5-11/h6H,3-5,7H2,1-2H3,(H,12,13). The van der Waals surface area contributed by atoms with E-state index in [4.69, 9.17) is 0 Å². The van der Waals surface area contributed by atoms with Crippen LogP contribution in [0.4, 0.5) is 5.13 Å². The Morgan fingerprint density at radius 1 is 1.71 bits per heavy atom. The molecule has 1 saturated carbocycles. The first kappa shape index (κ1) is 12.7. The van der Waals surface area contributed by atoms with Gasteiger partial charge in [-0.15, -0.1) is 11.3 Å². The molecule has 0 atom stereocenters. The Morgan fingerprint density at radius 2 is 2.47 bits per heavy atom. The summed E-state index contributed by atoms with van der Waals surface area (Å²) in [6.45, 7) is 0.919. The van der Waals surface area contributed by atoms with Crippen LogP contribution in [0.15, 0.2) is 5.38 Å². The smallest absolute Gasteiger partial charge is 0.357 e. The van der Waals surface area contributed by atoms with Gasteiger partial charge in [0.25, 0.3) is 0 Å². The highest BCUT2D eigenvalue weighted by Gasteiger charge is 2.35. The van der Waals surface area contributed by atoms with Crippen molar-refractivity contribution in [2.24, 2.45) is 0 Å². The second kappa shape index (κ2) is 5.27. The topological polar surface area (TPSA) is 51.2 Å². The molecule has 0 spiro atoms. The molecule has 0 saturated heterocycles. The van der Waals surface area contributed by atoms with E-state index >= 15 is 0 Å². The van der Waals surface area contributed by atoms with Crippen LogP contribution in [0.1, 0.15) is 29.8 Å². The maximum absolute atomic E-state index is 11.2. The lowest BCUT2D eigenvalue weighted by Crippen LogP contribution is -2.40. The summed E-state index contributed by atoms with van der Waals surface area (Å²) in [5, 5.41) is 5.84. The minimum absolute atomic E-state index is 0.372. The Hall–Kier alpha value is -0.750. The molecule has 2 rings (SSSR count). The monoisotopic (exact) mass is 272 g/mol. The van der Waals surface area contributed by atoms with Crippen molar-refractivity contribution in [3.05, 3.63) is 11.1 Å². The molecule has 1 N–H and O–H groups in total. The number of carbonyl (C=O) groups is 1. The minimum atomic E-state index is -0.377. The van der Waals surface area contributed by atoms with Crippen molar-refractivity contribution >= 4 is 34.2 Å². The molecular weight excluding hydrogens is 256 g/mol. The largest absolute Gasteiger partial charge is 0.464 e. The first-order valence-corrected chi connectivity index (χ1v) is 7.62.